The molecule has 0 saturated carbocycles. The molecule has 0 atom stereocenters. The Morgan fingerprint density at radius 3 is 2.50 bits per heavy atom. The van der Waals surface area contributed by atoms with Gasteiger partial charge in [-0.2, -0.15) is 0 Å². The first-order valence-corrected chi connectivity index (χ1v) is 9.56. The number of carbonyl (C=O) groups is 1. The Labute approximate surface area is 149 Å². The van der Waals surface area contributed by atoms with E-state index in [2.05, 4.69) is 4.83 Å². The molecule has 1 aromatic heterocycles. The average Bonchev–Trinajstić information content (AvgIpc) is 3.07. The van der Waals surface area contributed by atoms with E-state index in [9.17, 15) is 13.2 Å². The summed E-state index contributed by atoms with van der Waals surface area (Å²) in [5, 5.41) is 0.886. The van der Waals surface area contributed by atoms with E-state index >= 15 is 0 Å². The maximum absolute atomic E-state index is 12.5. The highest BCUT2D eigenvalue weighted by Gasteiger charge is 2.35. The molecule has 0 radical (unpaired) electrons. The second-order valence-electron chi connectivity index (χ2n) is 4.97. The number of aromatic nitrogens is 1. The Kier molecular flexibility index (Phi) is 4.59. The van der Waals surface area contributed by atoms with E-state index in [4.69, 9.17) is 12.2 Å². The molecule has 0 bridgehead atoms. The van der Waals surface area contributed by atoms with E-state index in [0.29, 0.717) is 4.91 Å². The predicted octanol–water partition coefficient (Wildman–Crippen LogP) is 2.12. The molecule has 1 saturated heterocycles. The minimum absolute atomic E-state index is 0.0606. The van der Waals surface area contributed by atoms with Crippen molar-refractivity contribution in [1.82, 2.24) is 14.4 Å². The van der Waals surface area contributed by atoms with Crippen LogP contribution >= 0.6 is 24.0 Å². The lowest BCUT2D eigenvalue weighted by molar-refractivity contribution is -0.123. The van der Waals surface area contributed by atoms with Gasteiger partial charge in [-0.05, 0) is 30.3 Å². The van der Waals surface area contributed by atoms with Crippen LogP contribution in [0.4, 0.5) is 0 Å². The number of aryl methyl sites for hydroxylation is 1. The van der Waals surface area contributed by atoms with Crippen LogP contribution in [0, 0.1) is 0 Å². The van der Waals surface area contributed by atoms with Crippen LogP contribution in [0.15, 0.2) is 58.5 Å². The monoisotopic (exact) mass is 379 g/mol. The molecule has 9 heteroatoms. The summed E-state index contributed by atoms with van der Waals surface area (Å²) in [5.41, 5.74) is 0.821. The highest BCUT2D eigenvalue weighted by molar-refractivity contribution is 8.26. The second kappa shape index (κ2) is 6.52. The largest absolute Gasteiger partial charge is 0.351 e. The maximum Gasteiger partial charge on any atom is 0.281 e. The maximum atomic E-state index is 12.5. The number of carbonyl (C=O) groups excluding carboxylic acids is 1. The second-order valence-corrected chi connectivity index (χ2v) is 8.31. The van der Waals surface area contributed by atoms with Crippen LogP contribution in [0.1, 0.15) is 5.69 Å². The molecule has 6 nitrogen and oxygen atoms in total. The number of amides is 1. The molecule has 0 aliphatic carbocycles. The molecule has 1 aromatic carbocycles. The van der Waals surface area contributed by atoms with E-state index in [-0.39, 0.29) is 9.22 Å². The van der Waals surface area contributed by atoms with Crippen molar-refractivity contribution in [3.63, 3.8) is 0 Å². The number of sulfonamides is 1. The molecular weight excluding hydrogens is 366 g/mol. The van der Waals surface area contributed by atoms with Crippen molar-refractivity contribution >= 4 is 50.3 Å². The third-order valence-corrected chi connectivity index (χ3v) is 5.94. The fourth-order valence-corrected chi connectivity index (χ4v) is 4.39. The topological polar surface area (TPSA) is 71.4 Å². The normalized spacial score (nSPS) is 17.0. The molecule has 24 heavy (non-hydrogen) atoms. The van der Waals surface area contributed by atoms with Crippen molar-refractivity contribution in [3.05, 3.63) is 59.3 Å². The van der Waals surface area contributed by atoms with E-state index < -0.39 is 15.9 Å². The Bertz CT molecular complexity index is 933. The van der Waals surface area contributed by atoms with Crippen LogP contribution < -0.4 is 4.83 Å². The molecule has 3 rings (SSSR count). The smallest absolute Gasteiger partial charge is 0.281 e. The van der Waals surface area contributed by atoms with Crippen LogP contribution in [-0.2, 0) is 21.9 Å². The van der Waals surface area contributed by atoms with Crippen molar-refractivity contribution in [2.45, 2.75) is 4.90 Å². The first kappa shape index (κ1) is 16.9. The van der Waals surface area contributed by atoms with Gasteiger partial charge in [0.15, 0.2) is 4.32 Å². The Morgan fingerprint density at radius 1 is 1.17 bits per heavy atom. The average molecular weight is 379 g/mol. The minimum atomic E-state index is -3.88. The summed E-state index contributed by atoms with van der Waals surface area (Å²) in [4.78, 5) is 15.1. The quantitative estimate of drug-likeness (QED) is 0.651. The van der Waals surface area contributed by atoms with Gasteiger partial charge in [-0.1, -0.05) is 42.2 Å². The van der Waals surface area contributed by atoms with Gasteiger partial charge in [-0.3, -0.25) is 4.79 Å². The number of rotatable bonds is 4. The molecule has 1 aliphatic heterocycles. The number of thiocarbonyl (C=S) groups is 1. The summed E-state index contributed by atoms with van der Waals surface area (Å²) in [6.07, 6.45) is 3.53. The van der Waals surface area contributed by atoms with E-state index in [0.717, 1.165) is 22.5 Å². The van der Waals surface area contributed by atoms with E-state index in [1.54, 1.807) is 24.3 Å². The molecule has 1 N–H and O–H groups in total. The van der Waals surface area contributed by atoms with Gasteiger partial charge < -0.3 is 4.57 Å². The Hall–Kier alpha value is -1.94. The minimum Gasteiger partial charge on any atom is -0.351 e. The van der Waals surface area contributed by atoms with Gasteiger partial charge >= 0.3 is 0 Å². The van der Waals surface area contributed by atoms with Gasteiger partial charge in [0.1, 0.15) is 0 Å². The summed E-state index contributed by atoms with van der Waals surface area (Å²) < 4.78 is 26.7. The lowest BCUT2D eigenvalue weighted by Crippen LogP contribution is -2.44. The molecule has 1 amide bonds. The Balaban J connectivity index is 1.85. The fraction of sp³-hybridized carbons (Fsp3) is 0.0667. The SMILES string of the molecule is Cn1cccc1/C=C1\SC(=S)N(NS(=O)(=O)c2ccccc2)C1=O. The molecular formula is C15H13N3O3S3. The third-order valence-electron chi connectivity index (χ3n) is 3.32. The van der Waals surface area contributed by atoms with Crippen molar-refractivity contribution in [2.75, 3.05) is 0 Å². The van der Waals surface area contributed by atoms with Crippen LogP contribution in [0.3, 0.4) is 0 Å². The summed E-state index contributed by atoms with van der Waals surface area (Å²) in [6.45, 7) is 0. The molecule has 2 heterocycles. The van der Waals surface area contributed by atoms with Crippen molar-refractivity contribution in [3.8, 4) is 0 Å². The van der Waals surface area contributed by atoms with Gasteiger partial charge in [0.25, 0.3) is 15.9 Å². The standard InChI is InChI=1S/C15H13N3O3S3/c1-17-9-5-6-11(17)10-13-14(19)18(15(22)23-13)16-24(20,21)12-7-3-2-4-8-12/h2-10,16H,1H3/b13-10-. The number of nitrogens with zero attached hydrogens (tertiary/aromatic N) is 2. The number of hydrogen-bond donors (Lipinski definition) is 1. The van der Waals surface area contributed by atoms with Crippen molar-refractivity contribution in [1.29, 1.82) is 0 Å². The third kappa shape index (κ3) is 3.29. The molecule has 0 unspecified atom stereocenters. The number of nitrogens with one attached hydrogen (secondary N) is 1. The zero-order valence-electron chi connectivity index (χ0n) is 12.5. The van der Waals surface area contributed by atoms with Crippen LogP contribution in [0.2, 0.25) is 0 Å². The number of hydrazine groups is 1. The van der Waals surface area contributed by atoms with E-state index in [1.165, 1.54) is 12.1 Å². The molecule has 124 valence electrons. The summed E-state index contributed by atoms with van der Waals surface area (Å²) in [7, 11) is -2.03. The van der Waals surface area contributed by atoms with Crippen LogP contribution in [0.25, 0.3) is 6.08 Å². The molecule has 2 aromatic rings. The fourth-order valence-electron chi connectivity index (χ4n) is 2.08. The van der Waals surface area contributed by atoms with Gasteiger partial charge in [0.2, 0.25) is 0 Å². The zero-order valence-corrected chi connectivity index (χ0v) is 15.0. The lowest BCUT2D eigenvalue weighted by Gasteiger charge is -2.15. The van der Waals surface area contributed by atoms with Crippen molar-refractivity contribution in [2.24, 2.45) is 7.05 Å². The highest BCUT2D eigenvalue weighted by Crippen LogP contribution is 2.31. The summed E-state index contributed by atoms with van der Waals surface area (Å²) >= 11 is 6.19. The van der Waals surface area contributed by atoms with Crippen LogP contribution in [-0.4, -0.2) is 28.2 Å². The zero-order chi connectivity index (χ0) is 17.3. The number of thioether (sulfide) groups is 1. The molecule has 1 fully saturated rings. The highest BCUT2D eigenvalue weighted by atomic mass is 32.2. The first-order valence-electron chi connectivity index (χ1n) is 6.85. The van der Waals surface area contributed by atoms with Gasteiger partial charge in [0, 0.05) is 18.9 Å². The Morgan fingerprint density at radius 2 is 1.88 bits per heavy atom. The van der Waals surface area contributed by atoms with Gasteiger partial charge in [0.05, 0.1) is 9.80 Å². The van der Waals surface area contributed by atoms with Gasteiger partial charge in [-0.15, -0.1) is 4.83 Å². The number of benzene rings is 1. The van der Waals surface area contributed by atoms with Crippen LogP contribution in [0.5, 0.6) is 0 Å². The molecule has 0 spiro atoms. The lowest BCUT2D eigenvalue weighted by atomic mass is 10.3. The van der Waals surface area contributed by atoms with Gasteiger partial charge in [-0.25, -0.2) is 13.4 Å². The summed E-state index contributed by atoms with van der Waals surface area (Å²) in [5.74, 6) is -0.495. The van der Waals surface area contributed by atoms with Crippen molar-refractivity contribution < 1.29 is 13.2 Å². The summed E-state index contributed by atoms with van der Waals surface area (Å²) in [6, 6.07) is 11.5. The predicted molar refractivity (Wildman–Crippen MR) is 97.2 cm³/mol. The molecule has 1 aliphatic rings. The number of hydrogen-bond acceptors (Lipinski definition) is 5. The van der Waals surface area contributed by atoms with E-state index in [1.807, 2.05) is 29.9 Å². The first-order chi connectivity index (χ1) is 11.4.